The highest BCUT2D eigenvalue weighted by atomic mass is 16.3. The Labute approximate surface area is 125 Å². The van der Waals surface area contributed by atoms with Crippen molar-refractivity contribution in [1.82, 2.24) is 0 Å². The zero-order valence-electron chi connectivity index (χ0n) is 12.9. The van der Waals surface area contributed by atoms with Crippen molar-refractivity contribution in [2.24, 2.45) is 35.1 Å². The van der Waals surface area contributed by atoms with Crippen LogP contribution in [-0.4, -0.2) is 34.2 Å². The van der Waals surface area contributed by atoms with Crippen molar-refractivity contribution in [2.75, 3.05) is 0 Å². The molecule has 0 aromatic carbocycles. The van der Waals surface area contributed by atoms with Gasteiger partial charge in [-0.25, -0.2) is 0 Å². The minimum absolute atomic E-state index is 0.0243. The average Bonchev–Trinajstić information content (AvgIpc) is 3.15. The van der Waals surface area contributed by atoms with Crippen molar-refractivity contribution in [2.45, 2.75) is 58.2 Å². The second kappa shape index (κ2) is 7.75. The Morgan fingerprint density at radius 3 is 1.86 bits per heavy atom. The highest BCUT2D eigenvalue weighted by molar-refractivity contribution is 5.86. The Morgan fingerprint density at radius 1 is 1.00 bits per heavy atom. The third-order valence-corrected chi connectivity index (χ3v) is 4.15. The van der Waals surface area contributed by atoms with Crippen LogP contribution in [0.4, 0.5) is 0 Å². The molecule has 122 valence electrons. The van der Waals surface area contributed by atoms with Crippen molar-refractivity contribution in [3.05, 3.63) is 0 Å². The number of aliphatic hydroxyl groups is 2. The van der Waals surface area contributed by atoms with Crippen LogP contribution in [-0.2, 0) is 9.59 Å². The molecule has 0 aliphatic heterocycles. The normalized spacial score (nSPS) is 20.8. The smallest absolute Gasteiger partial charge is 0.221 e. The van der Waals surface area contributed by atoms with Gasteiger partial charge >= 0.3 is 0 Å². The van der Waals surface area contributed by atoms with Crippen LogP contribution in [0.15, 0.2) is 0 Å². The van der Waals surface area contributed by atoms with Gasteiger partial charge in [-0.2, -0.15) is 0 Å². The van der Waals surface area contributed by atoms with Gasteiger partial charge in [0.15, 0.2) is 0 Å². The molecule has 2 amide bonds. The summed E-state index contributed by atoms with van der Waals surface area (Å²) in [7, 11) is 0. The topological polar surface area (TPSA) is 127 Å². The van der Waals surface area contributed by atoms with Gasteiger partial charge in [-0.3, -0.25) is 9.59 Å². The summed E-state index contributed by atoms with van der Waals surface area (Å²) >= 11 is 0. The number of carbonyl (C=O) groups is 2. The summed E-state index contributed by atoms with van der Waals surface area (Å²) < 4.78 is 0. The van der Waals surface area contributed by atoms with Crippen molar-refractivity contribution < 1.29 is 19.8 Å². The molecule has 0 aromatic heterocycles. The molecule has 6 N–H and O–H groups in total. The lowest BCUT2D eigenvalue weighted by Gasteiger charge is -2.27. The van der Waals surface area contributed by atoms with Gasteiger partial charge in [-0.1, -0.05) is 26.7 Å². The van der Waals surface area contributed by atoms with Gasteiger partial charge in [0, 0.05) is 5.92 Å². The summed E-state index contributed by atoms with van der Waals surface area (Å²) in [6.45, 7) is 3.86. The summed E-state index contributed by atoms with van der Waals surface area (Å²) in [6.07, 6.45) is 1.00. The first-order chi connectivity index (χ1) is 9.72. The maximum atomic E-state index is 11.6. The van der Waals surface area contributed by atoms with Gasteiger partial charge in [0.25, 0.3) is 0 Å². The first kappa shape index (κ1) is 17.9. The third-order valence-electron chi connectivity index (χ3n) is 4.15. The third kappa shape index (κ3) is 6.01. The van der Waals surface area contributed by atoms with E-state index in [0.717, 1.165) is 12.8 Å². The summed E-state index contributed by atoms with van der Waals surface area (Å²) in [4.78, 5) is 23.3. The van der Waals surface area contributed by atoms with Gasteiger partial charge in [0.2, 0.25) is 11.8 Å². The lowest BCUT2D eigenvalue weighted by atomic mass is 9.81. The monoisotopic (exact) mass is 300 g/mol. The molecule has 1 aliphatic carbocycles. The van der Waals surface area contributed by atoms with Crippen LogP contribution < -0.4 is 11.5 Å². The van der Waals surface area contributed by atoms with Crippen LogP contribution in [0.1, 0.15) is 46.0 Å². The highest BCUT2D eigenvalue weighted by Gasteiger charge is 2.38. The number of amides is 2. The van der Waals surface area contributed by atoms with E-state index >= 15 is 0 Å². The molecule has 4 atom stereocenters. The molecule has 21 heavy (non-hydrogen) atoms. The summed E-state index contributed by atoms with van der Waals surface area (Å²) in [5.41, 5.74) is 10.8. The molecule has 0 bridgehead atoms. The van der Waals surface area contributed by atoms with E-state index < -0.39 is 35.9 Å². The van der Waals surface area contributed by atoms with Gasteiger partial charge < -0.3 is 21.7 Å². The molecule has 6 heteroatoms. The number of primary amides is 2. The zero-order chi connectivity index (χ0) is 16.2. The first-order valence-corrected chi connectivity index (χ1v) is 7.67. The molecular formula is C15H28N2O4. The van der Waals surface area contributed by atoms with E-state index in [4.69, 9.17) is 11.5 Å². The fraction of sp³-hybridized carbons (Fsp3) is 0.867. The van der Waals surface area contributed by atoms with E-state index in [1.165, 1.54) is 0 Å². The van der Waals surface area contributed by atoms with Crippen LogP contribution in [0.2, 0.25) is 0 Å². The largest absolute Gasteiger partial charge is 0.390 e. The molecule has 6 nitrogen and oxygen atoms in total. The first-order valence-electron chi connectivity index (χ1n) is 7.67. The molecule has 1 aliphatic rings. The molecule has 1 rings (SSSR count). The van der Waals surface area contributed by atoms with Gasteiger partial charge in [0.05, 0.1) is 18.1 Å². The van der Waals surface area contributed by atoms with Crippen LogP contribution >= 0.6 is 0 Å². The molecule has 2 unspecified atom stereocenters. The maximum Gasteiger partial charge on any atom is 0.221 e. The molecular weight excluding hydrogens is 272 g/mol. The van der Waals surface area contributed by atoms with E-state index in [-0.39, 0.29) is 12.3 Å². The Hall–Kier alpha value is -1.14. The SMILES string of the molecule is CC(C)C[C@H](O)[C@H](O)CC(C(N)=O)C(CC1CC1)C(N)=O. The van der Waals surface area contributed by atoms with E-state index in [1.54, 1.807) is 0 Å². The second-order valence-corrected chi connectivity index (χ2v) is 6.70. The number of rotatable bonds is 10. The van der Waals surface area contributed by atoms with Gasteiger partial charge in [-0.05, 0) is 31.1 Å². The Balaban J connectivity index is 2.69. The molecule has 1 saturated carbocycles. The predicted octanol–water partition coefficient (Wildman–Crippen LogP) is 0.148. The maximum absolute atomic E-state index is 11.6. The Morgan fingerprint density at radius 2 is 1.48 bits per heavy atom. The number of nitrogens with two attached hydrogens (primary N) is 2. The fourth-order valence-electron chi connectivity index (χ4n) is 2.73. The lowest BCUT2D eigenvalue weighted by molar-refractivity contribution is -0.134. The van der Waals surface area contributed by atoms with E-state index in [2.05, 4.69) is 0 Å². The van der Waals surface area contributed by atoms with Crippen molar-refractivity contribution in [3.63, 3.8) is 0 Å². The van der Waals surface area contributed by atoms with Gasteiger partial charge in [0.1, 0.15) is 0 Å². The average molecular weight is 300 g/mol. The Bertz CT molecular complexity index is 369. The standard InChI is InChI=1S/C15H28N2O4/c1-8(2)5-12(18)13(19)7-11(15(17)21)10(14(16)20)6-9-3-4-9/h8-13,18-19H,3-7H2,1-2H3,(H2,16,20)(H2,17,21)/t10?,11?,12-,13+/m0/s1. The van der Waals surface area contributed by atoms with E-state index in [1.807, 2.05) is 13.8 Å². The summed E-state index contributed by atoms with van der Waals surface area (Å²) in [5, 5.41) is 20.0. The summed E-state index contributed by atoms with van der Waals surface area (Å²) in [5.74, 6) is -2.04. The predicted molar refractivity (Wildman–Crippen MR) is 78.8 cm³/mol. The number of aliphatic hydroxyl groups excluding tert-OH is 2. The molecule has 1 fully saturated rings. The minimum Gasteiger partial charge on any atom is -0.390 e. The van der Waals surface area contributed by atoms with Crippen molar-refractivity contribution in [3.8, 4) is 0 Å². The number of carbonyl (C=O) groups excluding carboxylic acids is 2. The lowest BCUT2D eigenvalue weighted by Crippen LogP contribution is -2.42. The zero-order valence-corrected chi connectivity index (χ0v) is 12.9. The van der Waals surface area contributed by atoms with Crippen molar-refractivity contribution >= 4 is 11.8 Å². The highest BCUT2D eigenvalue weighted by Crippen LogP contribution is 2.38. The van der Waals surface area contributed by atoms with Crippen LogP contribution in [0.5, 0.6) is 0 Å². The minimum atomic E-state index is -1.08. The molecule has 0 heterocycles. The fourth-order valence-corrected chi connectivity index (χ4v) is 2.73. The van der Waals surface area contributed by atoms with Crippen LogP contribution in [0.25, 0.3) is 0 Å². The molecule has 0 saturated heterocycles. The van der Waals surface area contributed by atoms with E-state index in [0.29, 0.717) is 18.8 Å². The number of hydrogen-bond donors (Lipinski definition) is 4. The number of hydrogen-bond acceptors (Lipinski definition) is 4. The summed E-state index contributed by atoms with van der Waals surface area (Å²) in [6, 6.07) is 0. The van der Waals surface area contributed by atoms with Crippen LogP contribution in [0.3, 0.4) is 0 Å². The van der Waals surface area contributed by atoms with Crippen LogP contribution in [0, 0.1) is 23.7 Å². The molecule has 0 radical (unpaired) electrons. The molecule has 0 aromatic rings. The van der Waals surface area contributed by atoms with Gasteiger partial charge in [-0.15, -0.1) is 0 Å². The quantitative estimate of drug-likeness (QED) is 0.458. The second-order valence-electron chi connectivity index (χ2n) is 6.70. The molecule has 0 spiro atoms. The Kier molecular flexibility index (Phi) is 6.61. The van der Waals surface area contributed by atoms with E-state index in [9.17, 15) is 19.8 Å². The van der Waals surface area contributed by atoms with Crippen molar-refractivity contribution in [1.29, 1.82) is 0 Å².